The van der Waals surface area contributed by atoms with Gasteiger partial charge in [-0.15, -0.1) is 0 Å². The van der Waals surface area contributed by atoms with Crippen LogP contribution in [0.3, 0.4) is 0 Å². The third-order valence-electron chi connectivity index (χ3n) is 11.4. The van der Waals surface area contributed by atoms with E-state index in [1.54, 1.807) is 84.9 Å². The number of benzene rings is 6. The highest BCUT2D eigenvalue weighted by Crippen LogP contribution is 2.34. The molecule has 8 rings (SSSR count). The summed E-state index contributed by atoms with van der Waals surface area (Å²) in [5.74, 6) is -4.34. The summed E-state index contributed by atoms with van der Waals surface area (Å²) in [6.45, 7) is 0.437. The van der Waals surface area contributed by atoms with E-state index in [2.05, 4.69) is 16.0 Å². The number of anilines is 4. The minimum atomic E-state index is -1.29. The molecule has 0 spiro atoms. The Balaban J connectivity index is 0.000000231. The largest absolute Gasteiger partial charge is 0.481 e. The zero-order valence-electron chi connectivity index (χ0n) is 37.0. The minimum Gasteiger partial charge on any atom is -0.481 e. The molecule has 0 radical (unpaired) electrons. The summed E-state index contributed by atoms with van der Waals surface area (Å²) in [5.41, 5.74) is 2.31. The molecule has 0 unspecified atom stereocenters. The second-order valence-electron chi connectivity index (χ2n) is 16.1. The van der Waals surface area contributed by atoms with Crippen LogP contribution in [0.4, 0.5) is 22.7 Å². The molecule has 18 nitrogen and oxygen atoms in total. The first-order valence-electron chi connectivity index (χ1n) is 21.6. The number of carbonyl (C=O) groups excluding carboxylic acids is 9. The molecule has 0 saturated heterocycles. The third kappa shape index (κ3) is 11.2. The van der Waals surface area contributed by atoms with Crippen molar-refractivity contribution in [3.05, 3.63) is 145 Å². The Hall–Kier alpha value is -9.06. The Bertz CT molecular complexity index is 3000. The fourth-order valence-electron chi connectivity index (χ4n) is 8.23. The van der Waals surface area contributed by atoms with Crippen molar-refractivity contribution in [3.8, 4) is 0 Å². The van der Waals surface area contributed by atoms with Gasteiger partial charge in [0.05, 0.1) is 54.8 Å². The lowest BCUT2D eigenvalue weighted by Crippen LogP contribution is -2.54. The number of carboxylic acids is 1. The highest BCUT2D eigenvalue weighted by Gasteiger charge is 2.37. The number of carbonyl (C=O) groups is 10. The van der Waals surface area contributed by atoms with E-state index in [1.807, 2.05) is 48.5 Å². The molecule has 0 saturated carbocycles. The smallest absolute Gasteiger partial charge is 0.305 e. The van der Waals surface area contributed by atoms with Gasteiger partial charge in [0.15, 0.2) is 0 Å². The number of aldehydes is 1. The molecule has 0 fully saturated rings. The molecule has 2 aliphatic rings. The molecule has 7 amide bonds. The second kappa shape index (κ2) is 22.6. The van der Waals surface area contributed by atoms with Crippen LogP contribution in [0.1, 0.15) is 41.5 Å². The Morgan fingerprint density at radius 1 is 0.586 bits per heavy atom. The summed E-state index contributed by atoms with van der Waals surface area (Å²) in [6, 6.07) is 35.1. The van der Waals surface area contributed by atoms with E-state index in [0.29, 0.717) is 52.7 Å². The van der Waals surface area contributed by atoms with Gasteiger partial charge in [0, 0.05) is 11.1 Å². The molecule has 2 heterocycles. The molecule has 2 aliphatic heterocycles. The number of para-hydroxylation sites is 4. The molecule has 0 aromatic heterocycles. The first-order valence-corrected chi connectivity index (χ1v) is 21.6. The second-order valence-corrected chi connectivity index (χ2v) is 16.1. The molecule has 0 aliphatic carbocycles. The van der Waals surface area contributed by atoms with Crippen LogP contribution in [0.2, 0.25) is 0 Å². The van der Waals surface area contributed by atoms with Crippen LogP contribution in [0.5, 0.6) is 0 Å². The summed E-state index contributed by atoms with van der Waals surface area (Å²) in [6.07, 6.45) is 0.830. The third-order valence-corrected chi connectivity index (χ3v) is 11.4. The van der Waals surface area contributed by atoms with Crippen LogP contribution >= 0.6 is 0 Å². The number of rotatable bonds is 14. The van der Waals surface area contributed by atoms with Gasteiger partial charge in [-0.2, -0.15) is 0 Å². The minimum absolute atomic E-state index is 0. The SMILES string of the molecule is C.CC(=O)CN1C(=O)[C@@H](NC(=O)c2cccc3ccccc23)CN(C=O)c2ccccc21.O=C[C@H](CC(=O)O)NC(=O)CN1C(=O)[C@@H](NC(=O)c2cccc3ccccc23)CN(C=O)c2ccccc21. The molecular formula is C52H49N7O11. The molecular weight excluding hydrogens is 899 g/mol. The standard InChI is InChI=1S/C27H24N4O7.C24H21N3O4.CH4/c32-15-18(12-25(35)36)28-24(34)14-31-23-11-4-3-10-22(23)30(16-33)13-21(27(31)38)29-26(37)20-9-5-7-17-6-1-2-8-19(17)20;1-16(29)13-27-22-12-5-4-11-21(22)26(15-28)14-20(24(27)31)25-23(30)19-10-6-8-17-7-2-3-9-18(17)19;/h1-11,15-16,18,21H,12-14H2,(H,28,34)(H,29,37)(H,35,36);2-12,15,20H,13-14H2,1H3,(H,25,30);1H4/t18-,21-;20-;/m00./s1. The van der Waals surface area contributed by atoms with Crippen molar-refractivity contribution in [3.63, 3.8) is 0 Å². The number of fused-ring (bicyclic) bond motifs is 4. The van der Waals surface area contributed by atoms with Crippen molar-refractivity contribution in [1.29, 1.82) is 0 Å². The first-order chi connectivity index (χ1) is 33.3. The van der Waals surface area contributed by atoms with Gasteiger partial charge >= 0.3 is 5.97 Å². The molecule has 6 aromatic carbocycles. The molecule has 358 valence electrons. The summed E-state index contributed by atoms with van der Waals surface area (Å²) in [4.78, 5) is 129. The van der Waals surface area contributed by atoms with E-state index in [0.717, 1.165) is 21.1 Å². The van der Waals surface area contributed by atoms with Gasteiger partial charge in [0.25, 0.3) is 23.6 Å². The predicted molar refractivity (Wildman–Crippen MR) is 262 cm³/mol. The average molecular weight is 948 g/mol. The van der Waals surface area contributed by atoms with Gasteiger partial charge in [-0.25, -0.2) is 0 Å². The Morgan fingerprint density at radius 2 is 0.986 bits per heavy atom. The maximum atomic E-state index is 13.7. The average Bonchev–Trinajstić information content (AvgIpc) is 3.53. The summed E-state index contributed by atoms with van der Waals surface area (Å²) in [7, 11) is 0. The van der Waals surface area contributed by atoms with Crippen LogP contribution in [-0.2, 0) is 38.4 Å². The van der Waals surface area contributed by atoms with Crippen molar-refractivity contribution in [1.82, 2.24) is 16.0 Å². The topological polar surface area (TPSA) is 240 Å². The van der Waals surface area contributed by atoms with Crippen molar-refractivity contribution < 1.29 is 53.1 Å². The van der Waals surface area contributed by atoms with Gasteiger partial charge < -0.3 is 40.6 Å². The van der Waals surface area contributed by atoms with Gasteiger partial charge in [-0.1, -0.05) is 104 Å². The molecule has 18 heteroatoms. The number of hydrogen-bond donors (Lipinski definition) is 4. The monoisotopic (exact) mass is 947 g/mol. The lowest BCUT2D eigenvalue weighted by atomic mass is 10.0. The Kier molecular flexibility index (Phi) is 16.3. The molecule has 70 heavy (non-hydrogen) atoms. The van der Waals surface area contributed by atoms with E-state index in [-0.39, 0.29) is 38.5 Å². The van der Waals surface area contributed by atoms with E-state index >= 15 is 0 Å². The normalized spacial score (nSPS) is 15.6. The lowest BCUT2D eigenvalue weighted by Gasteiger charge is -2.25. The van der Waals surface area contributed by atoms with Crippen LogP contribution in [-0.4, -0.2) is 110 Å². The Labute approximate surface area is 401 Å². The van der Waals surface area contributed by atoms with Crippen LogP contribution < -0.4 is 35.6 Å². The number of aliphatic carboxylic acids is 1. The highest BCUT2D eigenvalue weighted by atomic mass is 16.4. The maximum absolute atomic E-state index is 13.7. The number of amides is 7. The summed E-state index contributed by atoms with van der Waals surface area (Å²) >= 11 is 0. The zero-order chi connectivity index (χ0) is 49.2. The van der Waals surface area contributed by atoms with Crippen molar-refractivity contribution in [2.24, 2.45) is 0 Å². The van der Waals surface area contributed by atoms with Crippen molar-refractivity contribution >= 4 is 105 Å². The van der Waals surface area contributed by atoms with E-state index in [4.69, 9.17) is 5.11 Å². The Morgan fingerprint density at radius 3 is 1.40 bits per heavy atom. The summed E-state index contributed by atoms with van der Waals surface area (Å²) < 4.78 is 0. The number of ketones is 1. The van der Waals surface area contributed by atoms with Crippen LogP contribution in [0.25, 0.3) is 21.5 Å². The predicted octanol–water partition coefficient (Wildman–Crippen LogP) is 4.28. The number of hydrogen-bond acceptors (Lipinski definition) is 10. The fourth-order valence-corrected chi connectivity index (χ4v) is 8.23. The van der Waals surface area contributed by atoms with Crippen LogP contribution in [0, 0.1) is 0 Å². The first kappa shape index (κ1) is 50.4. The number of nitrogens with zero attached hydrogens (tertiary/aromatic N) is 4. The lowest BCUT2D eigenvalue weighted by molar-refractivity contribution is -0.139. The zero-order valence-corrected chi connectivity index (χ0v) is 37.0. The van der Waals surface area contributed by atoms with Crippen molar-refractivity contribution in [2.75, 3.05) is 45.8 Å². The maximum Gasteiger partial charge on any atom is 0.305 e. The van der Waals surface area contributed by atoms with E-state index in [9.17, 15) is 47.9 Å². The quantitative estimate of drug-likeness (QED) is 0.112. The fraction of sp³-hybridized carbons (Fsp3) is 0.192. The summed E-state index contributed by atoms with van der Waals surface area (Å²) in [5, 5.41) is 19.9. The van der Waals surface area contributed by atoms with E-state index in [1.165, 1.54) is 21.6 Å². The number of nitrogens with one attached hydrogen (secondary N) is 3. The van der Waals surface area contributed by atoms with Crippen LogP contribution in [0.15, 0.2) is 133 Å². The van der Waals surface area contributed by atoms with Crippen molar-refractivity contribution in [2.45, 2.75) is 38.9 Å². The molecule has 6 aromatic rings. The molecule has 4 N–H and O–H groups in total. The van der Waals surface area contributed by atoms with E-state index < -0.39 is 66.6 Å². The number of Topliss-reactive ketones (excluding diaryl/α,β-unsaturated/α-hetero) is 1. The van der Waals surface area contributed by atoms with Gasteiger partial charge in [0.1, 0.15) is 30.7 Å². The van der Waals surface area contributed by atoms with Gasteiger partial charge in [0.2, 0.25) is 18.7 Å². The van der Waals surface area contributed by atoms with Gasteiger partial charge in [-0.3, -0.25) is 48.1 Å². The molecule has 3 atom stereocenters. The van der Waals surface area contributed by atoms with Gasteiger partial charge in [-0.05, 0) is 64.9 Å². The molecule has 0 bridgehead atoms. The number of carboxylic acid groups (broad SMARTS) is 1. The highest BCUT2D eigenvalue weighted by molar-refractivity contribution is 6.13.